The summed E-state index contributed by atoms with van der Waals surface area (Å²) < 4.78 is 15.4. The first-order chi connectivity index (χ1) is 16.9. The number of carbonyl (C=O) groups excluding carboxylic acids is 2. The second-order valence-corrected chi connectivity index (χ2v) is 9.70. The van der Waals surface area contributed by atoms with Gasteiger partial charge in [0.1, 0.15) is 5.82 Å². The normalized spacial score (nSPS) is 14.3. The van der Waals surface area contributed by atoms with E-state index in [1.165, 1.54) is 12.1 Å². The standard InChI is InChI=1S/C28H33FN4O2/c1-20(2)15-26-18-24(31-33(26)25-9-4-3-5-10-25)19-30-27(34)16-21-11-13-32(14-12-21)28(35)22-7-6-8-23(29)17-22/h3-10,17-18,20-21H,11-16,19H2,1-2H3,(H,30,34). The molecule has 7 heteroatoms. The number of hydrogen-bond acceptors (Lipinski definition) is 3. The number of carbonyl (C=O) groups is 2. The predicted octanol–water partition coefficient (Wildman–Crippen LogP) is 4.77. The highest BCUT2D eigenvalue weighted by atomic mass is 19.1. The quantitative estimate of drug-likeness (QED) is 0.509. The molecule has 4 rings (SSSR count). The van der Waals surface area contributed by atoms with Crippen LogP contribution in [-0.4, -0.2) is 39.6 Å². The van der Waals surface area contributed by atoms with Gasteiger partial charge in [0.2, 0.25) is 5.91 Å². The molecule has 0 saturated carbocycles. The fourth-order valence-electron chi connectivity index (χ4n) is 4.59. The van der Waals surface area contributed by atoms with E-state index in [1.54, 1.807) is 17.0 Å². The van der Waals surface area contributed by atoms with Gasteiger partial charge in [0.05, 0.1) is 17.9 Å². The number of aromatic nitrogens is 2. The van der Waals surface area contributed by atoms with Gasteiger partial charge in [0.15, 0.2) is 0 Å². The lowest BCUT2D eigenvalue weighted by atomic mass is 9.93. The lowest BCUT2D eigenvalue weighted by molar-refractivity contribution is -0.122. The van der Waals surface area contributed by atoms with Crippen molar-refractivity contribution in [1.29, 1.82) is 0 Å². The van der Waals surface area contributed by atoms with Crippen molar-refractivity contribution >= 4 is 11.8 Å². The van der Waals surface area contributed by atoms with Crippen LogP contribution >= 0.6 is 0 Å². The minimum Gasteiger partial charge on any atom is -0.350 e. The van der Waals surface area contributed by atoms with Crippen molar-refractivity contribution in [3.8, 4) is 5.69 Å². The van der Waals surface area contributed by atoms with Gasteiger partial charge in [0.25, 0.3) is 5.91 Å². The monoisotopic (exact) mass is 476 g/mol. The second kappa shape index (κ2) is 11.3. The van der Waals surface area contributed by atoms with Crippen molar-refractivity contribution in [3.05, 3.63) is 83.4 Å². The lowest BCUT2D eigenvalue weighted by Gasteiger charge is -2.31. The van der Waals surface area contributed by atoms with Gasteiger partial charge >= 0.3 is 0 Å². The molecule has 2 aromatic carbocycles. The van der Waals surface area contributed by atoms with Crippen LogP contribution in [0.3, 0.4) is 0 Å². The van der Waals surface area contributed by atoms with Crippen LogP contribution in [0.2, 0.25) is 0 Å². The smallest absolute Gasteiger partial charge is 0.253 e. The Morgan fingerprint density at radius 3 is 2.49 bits per heavy atom. The first kappa shape index (κ1) is 24.6. The van der Waals surface area contributed by atoms with Crippen LogP contribution in [0, 0.1) is 17.7 Å². The second-order valence-electron chi connectivity index (χ2n) is 9.70. The van der Waals surface area contributed by atoms with Crippen LogP contribution in [0.15, 0.2) is 60.7 Å². The summed E-state index contributed by atoms with van der Waals surface area (Å²) in [5.74, 6) is 0.158. The molecule has 0 bridgehead atoms. The zero-order chi connectivity index (χ0) is 24.8. The summed E-state index contributed by atoms with van der Waals surface area (Å²) in [4.78, 5) is 27.0. The van der Waals surface area contributed by atoms with Gasteiger partial charge in [-0.1, -0.05) is 38.1 Å². The van der Waals surface area contributed by atoms with E-state index in [0.29, 0.717) is 37.5 Å². The maximum atomic E-state index is 13.4. The first-order valence-electron chi connectivity index (χ1n) is 12.3. The minimum atomic E-state index is -0.410. The minimum absolute atomic E-state index is 0.000391. The van der Waals surface area contributed by atoms with Crippen LogP contribution in [0.5, 0.6) is 0 Å². The largest absolute Gasteiger partial charge is 0.350 e. The molecule has 6 nitrogen and oxygen atoms in total. The predicted molar refractivity (Wildman–Crippen MR) is 134 cm³/mol. The average Bonchev–Trinajstić information content (AvgIpc) is 3.25. The third-order valence-corrected chi connectivity index (χ3v) is 6.37. The number of benzene rings is 2. The fraction of sp³-hybridized carbons (Fsp3) is 0.393. The van der Waals surface area contributed by atoms with E-state index in [2.05, 4.69) is 25.2 Å². The number of nitrogens with one attached hydrogen (secondary N) is 1. The Hall–Kier alpha value is -3.48. The van der Waals surface area contributed by atoms with Gasteiger partial charge in [0, 0.05) is 30.8 Å². The molecule has 0 radical (unpaired) electrons. The van der Waals surface area contributed by atoms with E-state index in [9.17, 15) is 14.0 Å². The molecule has 0 aliphatic carbocycles. The molecule has 0 atom stereocenters. The van der Waals surface area contributed by atoms with E-state index in [4.69, 9.17) is 5.10 Å². The number of halogens is 1. The third-order valence-electron chi connectivity index (χ3n) is 6.37. The molecule has 1 aliphatic rings. The first-order valence-corrected chi connectivity index (χ1v) is 12.3. The molecule has 1 saturated heterocycles. The van der Waals surface area contributed by atoms with Gasteiger partial charge < -0.3 is 10.2 Å². The molecule has 1 aliphatic heterocycles. The average molecular weight is 477 g/mol. The van der Waals surface area contributed by atoms with Gasteiger partial charge in [-0.2, -0.15) is 5.10 Å². The van der Waals surface area contributed by atoms with E-state index < -0.39 is 5.82 Å². The molecule has 184 valence electrons. The van der Waals surface area contributed by atoms with E-state index in [0.717, 1.165) is 36.3 Å². The topological polar surface area (TPSA) is 67.2 Å². The third kappa shape index (κ3) is 6.56. The number of rotatable bonds is 8. The van der Waals surface area contributed by atoms with E-state index in [-0.39, 0.29) is 17.7 Å². The number of nitrogens with zero attached hydrogens (tertiary/aromatic N) is 3. The van der Waals surface area contributed by atoms with E-state index in [1.807, 2.05) is 35.0 Å². The summed E-state index contributed by atoms with van der Waals surface area (Å²) in [6, 6.07) is 17.9. The molecule has 35 heavy (non-hydrogen) atoms. The summed E-state index contributed by atoms with van der Waals surface area (Å²) in [6.07, 6.45) is 2.86. The highest BCUT2D eigenvalue weighted by Gasteiger charge is 2.25. The Bertz CT molecular complexity index is 1150. The number of piperidine rings is 1. The number of likely N-dealkylation sites (tertiary alicyclic amines) is 1. The molecule has 2 heterocycles. The Morgan fingerprint density at radius 1 is 1.06 bits per heavy atom. The Kier molecular flexibility index (Phi) is 7.95. The molecule has 1 fully saturated rings. The number of para-hydroxylation sites is 1. The van der Waals surface area contributed by atoms with Gasteiger partial charge in [-0.15, -0.1) is 0 Å². The molecule has 2 amide bonds. The zero-order valence-corrected chi connectivity index (χ0v) is 20.4. The summed E-state index contributed by atoms with van der Waals surface area (Å²) in [7, 11) is 0. The Balaban J connectivity index is 1.28. The maximum Gasteiger partial charge on any atom is 0.253 e. The summed E-state index contributed by atoms with van der Waals surface area (Å²) in [6.45, 7) is 5.91. The summed E-state index contributed by atoms with van der Waals surface area (Å²) >= 11 is 0. The summed E-state index contributed by atoms with van der Waals surface area (Å²) in [5.41, 5.74) is 3.35. The number of amides is 2. The highest BCUT2D eigenvalue weighted by Crippen LogP contribution is 2.22. The molecular formula is C28H33FN4O2. The van der Waals surface area contributed by atoms with Crippen molar-refractivity contribution in [3.63, 3.8) is 0 Å². The van der Waals surface area contributed by atoms with Crippen LogP contribution < -0.4 is 5.32 Å². The molecule has 0 unspecified atom stereocenters. The highest BCUT2D eigenvalue weighted by molar-refractivity contribution is 5.94. The van der Waals surface area contributed by atoms with Crippen molar-refractivity contribution in [2.75, 3.05) is 13.1 Å². The van der Waals surface area contributed by atoms with E-state index >= 15 is 0 Å². The Morgan fingerprint density at radius 2 is 1.80 bits per heavy atom. The van der Waals surface area contributed by atoms with Crippen molar-refractivity contribution in [1.82, 2.24) is 20.0 Å². The fourth-order valence-corrected chi connectivity index (χ4v) is 4.59. The van der Waals surface area contributed by atoms with Crippen molar-refractivity contribution in [2.24, 2.45) is 11.8 Å². The van der Waals surface area contributed by atoms with Crippen LogP contribution in [0.25, 0.3) is 5.69 Å². The zero-order valence-electron chi connectivity index (χ0n) is 20.4. The Labute approximate surface area is 206 Å². The van der Waals surface area contributed by atoms with Gasteiger partial charge in [-0.3, -0.25) is 9.59 Å². The van der Waals surface area contributed by atoms with Gasteiger partial charge in [-0.05, 0) is 67.5 Å². The molecule has 1 aromatic heterocycles. The van der Waals surface area contributed by atoms with Crippen LogP contribution in [0.1, 0.15) is 54.9 Å². The molecule has 3 aromatic rings. The van der Waals surface area contributed by atoms with Crippen LogP contribution in [0.4, 0.5) is 4.39 Å². The van der Waals surface area contributed by atoms with Gasteiger partial charge in [-0.25, -0.2) is 9.07 Å². The molecular weight excluding hydrogens is 443 g/mol. The van der Waals surface area contributed by atoms with Crippen LogP contribution in [-0.2, 0) is 17.8 Å². The van der Waals surface area contributed by atoms with Crippen molar-refractivity contribution in [2.45, 2.75) is 46.1 Å². The molecule has 1 N–H and O–H groups in total. The number of hydrogen-bond donors (Lipinski definition) is 1. The maximum absolute atomic E-state index is 13.4. The lowest BCUT2D eigenvalue weighted by Crippen LogP contribution is -2.39. The van der Waals surface area contributed by atoms with Crippen molar-refractivity contribution < 1.29 is 14.0 Å². The SMILES string of the molecule is CC(C)Cc1cc(CNC(=O)CC2CCN(C(=O)c3cccc(F)c3)CC2)nn1-c1ccccc1. The molecule has 0 spiro atoms. The summed E-state index contributed by atoms with van der Waals surface area (Å²) in [5, 5.41) is 7.77.